The fraction of sp³-hybridized carbons (Fsp3) is 0.579. The number of carbonyl (C=O) groups is 1. The molecule has 0 spiro atoms. The molecule has 2 heterocycles. The average Bonchev–Trinajstić information content (AvgIpc) is 3.12. The number of hydrogen-bond acceptors (Lipinski definition) is 5. The number of rotatable bonds is 7. The molecule has 2 aliphatic heterocycles. The lowest BCUT2D eigenvalue weighted by molar-refractivity contribution is -0.119. The Hall–Kier alpha value is -1.91. The Bertz CT molecular complexity index is 686. The van der Waals surface area contributed by atoms with Crippen molar-refractivity contribution >= 4 is 35.8 Å². The van der Waals surface area contributed by atoms with Crippen LogP contribution in [0.4, 0.5) is 0 Å². The van der Waals surface area contributed by atoms with Crippen LogP contribution in [0.3, 0.4) is 0 Å². The van der Waals surface area contributed by atoms with Gasteiger partial charge in [0.25, 0.3) is 0 Å². The summed E-state index contributed by atoms with van der Waals surface area (Å²) in [5, 5.41) is 3.33. The van der Waals surface area contributed by atoms with E-state index in [0.29, 0.717) is 31.2 Å². The van der Waals surface area contributed by atoms with Crippen molar-refractivity contribution in [3.63, 3.8) is 0 Å². The number of likely N-dealkylation sites (tertiary alicyclic amines) is 1. The molecule has 0 aromatic heterocycles. The van der Waals surface area contributed by atoms with Crippen molar-refractivity contribution in [2.24, 2.45) is 16.6 Å². The van der Waals surface area contributed by atoms with Crippen LogP contribution in [-0.4, -0.2) is 56.3 Å². The smallest absolute Gasteiger partial charge is 0.231 e. The average molecular weight is 504 g/mol. The second-order valence-electron chi connectivity index (χ2n) is 6.72. The molecule has 0 aliphatic carbocycles. The number of guanidine groups is 1. The van der Waals surface area contributed by atoms with E-state index in [0.717, 1.165) is 49.9 Å². The van der Waals surface area contributed by atoms with Crippen LogP contribution in [0.1, 0.15) is 26.2 Å². The number of nitrogens with two attached hydrogens (primary N) is 1. The Balaban J connectivity index is 0.00000280. The Labute approximate surface area is 182 Å². The lowest BCUT2D eigenvalue weighted by atomic mass is 9.95. The standard InChI is InChI=1S/C19H28N4O4.HI/c1-2-21-19(23-8-3-4-14(12-23)10-18(20)24)22-7-9-25-15-5-6-16-17(11-15)27-13-26-16;/h5-6,11,14H,2-4,7-10,12-13H2,1H3,(H2,20,24)(H,21,22);1H. The summed E-state index contributed by atoms with van der Waals surface area (Å²) in [6, 6.07) is 5.54. The van der Waals surface area contributed by atoms with Crippen molar-refractivity contribution in [1.82, 2.24) is 10.2 Å². The van der Waals surface area contributed by atoms with Crippen molar-refractivity contribution < 1.29 is 19.0 Å². The number of benzene rings is 1. The lowest BCUT2D eigenvalue weighted by Crippen LogP contribution is -2.47. The Morgan fingerprint density at radius 2 is 2.21 bits per heavy atom. The largest absolute Gasteiger partial charge is 0.492 e. The molecule has 8 nitrogen and oxygen atoms in total. The van der Waals surface area contributed by atoms with Gasteiger partial charge in [-0.25, -0.2) is 4.99 Å². The summed E-state index contributed by atoms with van der Waals surface area (Å²) in [4.78, 5) is 18.1. The number of aliphatic imine (C=N–C) groups is 1. The molecule has 1 amide bonds. The fourth-order valence-corrected chi connectivity index (χ4v) is 3.42. The number of nitrogens with one attached hydrogen (secondary N) is 1. The molecule has 1 aromatic carbocycles. The van der Waals surface area contributed by atoms with Gasteiger partial charge in [0.15, 0.2) is 17.5 Å². The van der Waals surface area contributed by atoms with Crippen molar-refractivity contribution in [1.29, 1.82) is 0 Å². The molecule has 1 unspecified atom stereocenters. The number of piperidine rings is 1. The Morgan fingerprint density at radius 1 is 1.39 bits per heavy atom. The summed E-state index contributed by atoms with van der Waals surface area (Å²) in [7, 11) is 0. The van der Waals surface area contributed by atoms with Crippen molar-refractivity contribution in [3.05, 3.63) is 18.2 Å². The van der Waals surface area contributed by atoms with E-state index < -0.39 is 0 Å². The zero-order valence-corrected chi connectivity index (χ0v) is 18.5. The first-order chi connectivity index (χ1) is 13.2. The highest BCUT2D eigenvalue weighted by atomic mass is 127. The van der Waals surface area contributed by atoms with Gasteiger partial charge in [0.1, 0.15) is 12.4 Å². The number of carbonyl (C=O) groups excluding carboxylic acids is 1. The summed E-state index contributed by atoms with van der Waals surface area (Å²) in [6.45, 7) is 5.83. The maximum atomic E-state index is 11.2. The number of primary amides is 1. The molecular weight excluding hydrogens is 475 g/mol. The zero-order valence-electron chi connectivity index (χ0n) is 16.2. The van der Waals surface area contributed by atoms with Gasteiger partial charge in [-0.05, 0) is 37.8 Å². The van der Waals surface area contributed by atoms with E-state index in [2.05, 4.69) is 15.2 Å². The van der Waals surface area contributed by atoms with E-state index in [1.54, 1.807) is 0 Å². The van der Waals surface area contributed by atoms with Gasteiger partial charge >= 0.3 is 0 Å². The van der Waals surface area contributed by atoms with Crippen LogP contribution in [0.25, 0.3) is 0 Å². The summed E-state index contributed by atoms with van der Waals surface area (Å²) < 4.78 is 16.4. The molecule has 0 saturated carbocycles. The number of halogens is 1. The quantitative estimate of drug-likeness (QED) is 0.255. The van der Waals surface area contributed by atoms with Crippen LogP contribution in [0.15, 0.2) is 23.2 Å². The van der Waals surface area contributed by atoms with E-state index >= 15 is 0 Å². The molecular formula is C19H29IN4O4. The molecule has 3 rings (SSSR count). The van der Waals surface area contributed by atoms with Crippen LogP contribution in [0.2, 0.25) is 0 Å². The minimum absolute atomic E-state index is 0. The maximum Gasteiger partial charge on any atom is 0.231 e. The van der Waals surface area contributed by atoms with E-state index in [1.807, 2.05) is 25.1 Å². The number of nitrogens with zero attached hydrogens (tertiary/aromatic N) is 2. The lowest BCUT2D eigenvalue weighted by Gasteiger charge is -2.34. The predicted octanol–water partition coefficient (Wildman–Crippen LogP) is 1.96. The van der Waals surface area contributed by atoms with Gasteiger partial charge in [-0.2, -0.15) is 0 Å². The summed E-state index contributed by atoms with van der Waals surface area (Å²) in [6.07, 6.45) is 2.51. The summed E-state index contributed by atoms with van der Waals surface area (Å²) >= 11 is 0. The van der Waals surface area contributed by atoms with E-state index in [-0.39, 0.29) is 36.7 Å². The van der Waals surface area contributed by atoms with Crippen molar-refractivity contribution in [3.8, 4) is 17.2 Å². The molecule has 1 saturated heterocycles. The highest BCUT2D eigenvalue weighted by Gasteiger charge is 2.23. The SMILES string of the molecule is CCNC(=NCCOc1ccc2c(c1)OCO2)N1CCCC(CC(N)=O)C1.I. The Kier molecular flexibility index (Phi) is 8.94. The minimum Gasteiger partial charge on any atom is -0.492 e. The first-order valence-electron chi connectivity index (χ1n) is 9.49. The third kappa shape index (κ3) is 6.32. The third-order valence-corrected chi connectivity index (χ3v) is 4.61. The maximum absolute atomic E-state index is 11.2. The van der Waals surface area contributed by atoms with Crippen molar-refractivity contribution in [2.75, 3.05) is 39.6 Å². The van der Waals surface area contributed by atoms with Crippen LogP contribution < -0.4 is 25.3 Å². The van der Waals surface area contributed by atoms with Gasteiger partial charge in [0.05, 0.1) is 6.54 Å². The predicted molar refractivity (Wildman–Crippen MR) is 118 cm³/mol. The van der Waals surface area contributed by atoms with Gasteiger partial charge in [0.2, 0.25) is 12.7 Å². The molecule has 2 aliphatic rings. The van der Waals surface area contributed by atoms with E-state index in [9.17, 15) is 4.79 Å². The summed E-state index contributed by atoms with van der Waals surface area (Å²) in [5.41, 5.74) is 5.35. The number of fused-ring (bicyclic) bond motifs is 1. The van der Waals surface area contributed by atoms with Crippen LogP contribution in [0.5, 0.6) is 17.2 Å². The highest BCUT2D eigenvalue weighted by Crippen LogP contribution is 2.35. The van der Waals surface area contributed by atoms with Gasteiger partial charge in [-0.15, -0.1) is 24.0 Å². The number of ether oxygens (including phenoxy) is 3. The molecule has 9 heteroatoms. The second kappa shape index (κ2) is 11.2. The van der Waals surface area contributed by atoms with Gasteiger partial charge in [0, 0.05) is 32.1 Å². The Morgan fingerprint density at radius 3 is 3.00 bits per heavy atom. The van der Waals surface area contributed by atoms with Crippen LogP contribution in [0, 0.1) is 5.92 Å². The van der Waals surface area contributed by atoms with Crippen molar-refractivity contribution in [2.45, 2.75) is 26.2 Å². The molecule has 0 radical (unpaired) electrons. The van der Waals surface area contributed by atoms with Gasteiger partial charge in [-0.3, -0.25) is 4.79 Å². The molecule has 1 atom stereocenters. The minimum atomic E-state index is -0.235. The molecule has 28 heavy (non-hydrogen) atoms. The highest BCUT2D eigenvalue weighted by molar-refractivity contribution is 14.0. The first kappa shape index (κ1) is 22.4. The number of hydrogen-bond donors (Lipinski definition) is 2. The zero-order chi connectivity index (χ0) is 19.1. The molecule has 3 N–H and O–H groups in total. The second-order valence-corrected chi connectivity index (χ2v) is 6.72. The van der Waals surface area contributed by atoms with Gasteiger partial charge in [-0.1, -0.05) is 0 Å². The fourth-order valence-electron chi connectivity index (χ4n) is 3.42. The number of amides is 1. The van der Waals surface area contributed by atoms with Crippen LogP contribution >= 0.6 is 24.0 Å². The van der Waals surface area contributed by atoms with Crippen LogP contribution in [-0.2, 0) is 4.79 Å². The molecule has 156 valence electrons. The normalized spacial score (nSPS) is 18.4. The molecule has 1 fully saturated rings. The third-order valence-electron chi connectivity index (χ3n) is 4.61. The monoisotopic (exact) mass is 504 g/mol. The molecule has 0 bridgehead atoms. The molecule has 1 aromatic rings. The van der Waals surface area contributed by atoms with E-state index in [4.69, 9.17) is 19.9 Å². The summed E-state index contributed by atoms with van der Waals surface area (Å²) in [5.74, 6) is 3.11. The van der Waals surface area contributed by atoms with Gasteiger partial charge < -0.3 is 30.2 Å². The topological polar surface area (TPSA) is 98.4 Å². The van der Waals surface area contributed by atoms with E-state index in [1.165, 1.54) is 0 Å². The first-order valence-corrected chi connectivity index (χ1v) is 9.49.